The third-order valence-corrected chi connectivity index (χ3v) is 11.1. The van der Waals surface area contributed by atoms with Crippen molar-refractivity contribution in [3.63, 3.8) is 0 Å². The number of nitro groups is 1. The first-order valence-corrected chi connectivity index (χ1v) is 18.6. The van der Waals surface area contributed by atoms with Crippen molar-refractivity contribution >= 4 is 44.5 Å². The Morgan fingerprint density at radius 1 is 1.08 bits per heavy atom. The van der Waals surface area contributed by atoms with Crippen molar-refractivity contribution in [2.24, 2.45) is 17.0 Å². The van der Waals surface area contributed by atoms with E-state index in [1.807, 2.05) is 58.0 Å². The predicted octanol–water partition coefficient (Wildman–Crippen LogP) is 4.16. The molecule has 3 amide bonds. The van der Waals surface area contributed by atoms with Crippen LogP contribution in [-0.4, -0.2) is 100 Å². The number of carbonyl (C=O) groups excluding carboxylic acids is 2. The van der Waals surface area contributed by atoms with Crippen molar-refractivity contribution in [1.82, 2.24) is 19.4 Å². The molecule has 4 rings (SSSR count). The minimum Gasteiger partial charge on any atom is -0.411 e. The summed E-state index contributed by atoms with van der Waals surface area (Å²) in [5.41, 5.74) is 1.94. The Morgan fingerprint density at radius 3 is 2.34 bits per heavy atom. The van der Waals surface area contributed by atoms with Crippen LogP contribution >= 0.6 is 11.3 Å². The average Bonchev–Trinajstić information content (AvgIpc) is 3.68. The number of urea groups is 1. The quantitative estimate of drug-likeness (QED) is 0.0800. The average molecular weight is 729 g/mol. The molecule has 0 aliphatic carbocycles. The summed E-state index contributed by atoms with van der Waals surface area (Å²) in [5, 5.41) is 39.2. The summed E-state index contributed by atoms with van der Waals surface area (Å²) in [4.78, 5) is 41.3. The molecule has 3 atom stereocenters. The van der Waals surface area contributed by atoms with Crippen LogP contribution in [0.25, 0.3) is 0 Å². The minimum atomic E-state index is -4.08. The topological polar surface area (TPSA) is 186 Å². The Morgan fingerprint density at radius 2 is 1.76 bits per heavy atom. The van der Waals surface area contributed by atoms with Gasteiger partial charge in [0, 0.05) is 44.2 Å². The number of nitrogens with one attached hydrogen (secondary N) is 1. The molecule has 50 heavy (non-hydrogen) atoms. The van der Waals surface area contributed by atoms with Gasteiger partial charge in [-0.15, -0.1) is 0 Å². The number of amides is 3. The van der Waals surface area contributed by atoms with Gasteiger partial charge in [-0.05, 0) is 47.1 Å². The maximum Gasteiger partial charge on any atom is 0.324 e. The largest absolute Gasteiger partial charge is 0.411 e. The molecular formula is C34H44N6O8S2. The lowest BCUT2D eigenvalue weighted by atomic mass is 9.97. The monoisotopic (exact) mass is 728 g/mol. The van der Waals surface area contributed by atoms with Crippen LogP contribution in [0, 0.1) is 22.0 Å². The van der Waals surface area contributed by atoms with Gasteiger partial charge in [-0.3, -0.25) is 14.9 Å². The number of hydrogen-bond donors (Lipinski definition) is 3. The molecule has 0 spiro atoms. The van der Waals surface area contributed by atoms with Gasteiger partial charge in [0.05, 0.1) is 28.2 Å². The SMILES string of the molecule is CC(C)CN(C[C@@H](O)[C@H](Cc1ccccc1)NC(=O)C(C(C)C)N1CCN(Cc2csc([N+](=O)[O-])c2)C1=O)S(=O)(=O)c1ccc(C=NO)cc1. The zero-order valence-electron chi connectivity index (χ0n) is 28.5. The lowest BCUT2D eigenvalue weighted by Gasteiger charge is -2.34. The van der Waals surface area contributed by atoms with Crippen LogP contribution in [0.5, 0.6) is 0 Å². The summed E-state index contributed by atoms with van der Waals surface area (Å²) in [5.74, 6) is -0.886. The number of sulfonamides is 1. The highest BCUT2D eigenvalue weighted by atomic mass is 32.2. The smallest absolute Gasteiger partial charge is 0.324 e. The van der Waals surface area contributed by atoms with E-state index in [1.165, 1.54) is 45.8 Å². The number of oxime groups is 1. The first kappa shape index (κ1) is 38.4. The lowest BCUT2D eigenvalue weighted by Crippen LogP contribution is -2.57. The van der Waals surface area contributed by atoms with Crippen molar-refractivity contribution in [3.05, 3.63) is 92.8 Å². The van der Waals surface area contributed by atoms with Crippen LogP contribution in [-0.2, 0) is 27.8 Å². The second-order valence-electron chi connectivity index (χ2n) is 13.0. The minimum absolute atomic E-state index is 0.00175. The van der Waals surface area contributed by atoms with Crippen molar-refractivity contribution in [3.8, 4) is 0 Å². The number of aliphatic hydroxyl groups excluding tert-OH is 1. The maximum atomic E-state index is 14.1. The van der Waals surface area contributed by atoms with Gasteiger partial charge in [0.1, 0.15) is 6.04 Å². The van der Waals surface area contributed by atoms with Gasteiger partial charge in [-0.1, -0.05) is 86.7 Å². The second kappa shape index (κ2) is 17.0. The summed E-state index contributed by atoms with van der Waals surface area (Å²) < 4.78 is 28.9. The Labute approximate surface area is 296 Å². The molecule has 0 bridgehead atoms. The van der Waals surface area contributed by atoms with Gasteiger partial charge in [-0.2, -0.15) is 4.31 Å². The van der Waals surface area contributed by atoms with Gasteiger partial charge in [0.25, 0.3) is 0 Å². The molecule has 3 aromatic rings. The molecule has 1 fully saturated rings. The third-order valence-electron chi connectivity index (χ3n) is 8.33. The van der Waals surface area contributed by atoms with Crippen LogP contribution in [0.1, 0.15) is 44.4 Å². The Kier molecular flexibility index (Phi) is 13.1. The normalized spacial score (nSPS) is 15.7. The summed E-state index contributed by atoms with van der Waals surface area (Å²) >= 11 is 0.986. The molecule has 1 aromatic heterocycles. The molecule has 0 radical (unpaired) electrons. The third kappa shape index (κ3) is 9.65. The Hall–Kier alpha value is -4.38. The van der Waals surface area contributed by atoms with Crippen LogP contribution in [0.15, 0.2) is 76.1 Å². The van der Waals surface area contributed by atoms with E-state index in [1.54, 1.807) is 10.3 Å². The molecule has 14 nitrogen and oxygen atoms in total. The summed E-state index contributed by atoms with van der Waals surface area (Å²) in [6.45, 7) is 7.91. The first-order chi connectivity index (χ1) is 23.7. The van der Waals surface area contributed by atoms with Gasteiger partial charge >= 0.3 is 11.0 Å². The van der Waals surface area contributed by atoms with Crippen LogP contribution in [0.4, 0.5) is 9.80 Å². The van der Waals surface area contributed by atoms with E-state index in [9.17, 15) is 33.2 Å². The molecule has 16 heteroatoms. The molecule has 2 aromatic carbocycles. The molecular weight excluding hydrogens is 685 g/mol. The maximum absolute atomic E-state index is 14.1. The number of rotatable bonds is 17. The van der Waals surface area contributed by atoms with E-state index >= 15 is 0 Å². The molecule has 0 saturated carbocycles. The van der Waals surface area contributed by atoms with Gasteiger partial charge in [0.2, 0.25) is 15.9 Å². The number of carbonyl (C=O) groups is 2. The van der Waals surface area contributed by atoms with Crippen molar-refractivity contribution in [1.29, 1.82) is 0 Å². The number of hydrogen-bond acceptors (Lipinski definition) is 10. The Balaban J connectivity index is 1.56. The fourth-order valence-electron chi connectivity index (χ4n) is 5.95. The number of benzene rings is 2. The summed E-state index contributed by atoms with van der Waals surface area (Å²) in [6, 6.07) is 14.3. The zero-order chi connectivity index (χ0) is 36.6. The number of nitrogens with zero attached hydrogens (tertiary/aromatic N) is 5. The fourth-order valence-corrected chi connectivity index (χ4v) is 8.29. The highest BCUT2D eigenvalue weighted by Crippen LogP contribution is 2.26. The Bertz CT molecular complexity index is 1750. The number of thiophene rings is 1. The molecule has 2 heterocycles. The molecule has 270 valence electrons. The first-order valence-electron chi connectivity index (χ1n) is 16.3. The molecule has 1 aliphatic heterocycles. The van der Waals surface area contributed by atoms with Gasteiger partial charge in [-0.25, -0.2) is 13.2 Å². The zero-order valence-corrected chi connectivity index (χ0v) is 30.1. The molecule has 1 aliphatic rings. The van der Waals surface area contributed by atoms with Crippen LogP contribution in [0.2, 0.25) is 0 Å². The summed E-state index contributed by atoms with van der Waals surface area (Å²) in [7, 11) is -4.08. The van der Waals surface area contributed by atoms with E-state index < -0.39 is 39.0 Å². The van der Waals surface area contributed by atoms with Crippen LogP contribution in [0.3, 0.4) is 0 Å². The van der Waals surface area contributed by atoms with Crippen LogP contribution < -0.4 is 5.32 Å². The van der Waals surface area contributed by atoms with E-state index in [-0.39, 0.29) is 60.4 Å². The van der Waals surface area contributed by atoms with Crippen molar-refractivity contribution in [2.75, 3.05) is 26.2 Å². The van der Waals surface area contributed by atoms with E-state index in [2.05, 4.69) is 10.5 Å². The van der Waals surface area contributed by atoms with E-state index in [0.717, 1.165) is 16.9 Å². The lowest BCUT2D eigenvalue weighted by molar-refractivity contribution is -0.380. The molecule has 3 N–H and O–H groups in total. The highest BCUT2D eigenvalue weighted by Gasteiger charge is 2.40. The van der Waals surface area contributed by atoms with E-state index in [4.69, 9.17) is 5.21 Å². The predicted molar refractivity (Wildman–Crippen MR) is 190 cm³/mol. The van der Waals surface area contributed by atoms with Gasteiger partial charge < -0.3 is 25.4 Å². The van der Waals surface area contributed by atoms with Crippen molar-refractivity contribution < 1.29 is 33.2 Å². The summed E-state index contributed by atoms with van der Waals surface area (Å²) in [6.07, 6.45) is 0.0416. The standard InChI is InChI=1S/C34H44N6O8S2/c1-23(2)19-38(50(47,48)28-12-10-26(11-13-28)18-35-44)21-30(41)29(16-25-8-6-5-7-9-25)36-33(42)32(24(3)4)39-15-14-37(34(39)43)20-27-17-31(40(45)46)49-22-27/h5-13,17-18,22-24,29-30,32,41,44H,14-16,19-21H2,1-4H3,(H,36,42)/t29-,30+,32?/m0/s1. The fraction of sp³-hybridized carbons (Fsp3) is 0.441. The van der Waals surface area contributed by atoms with Crippen molar-refractivity contribution in [2.45, 2.75) is 63.7 Å². The molecule has 1 saturated heterocycles. The molecule has 1 unspecified atom stereocenters. The van der Waals surface area contributed by atoms with E-state index in [0.29, 0.717) is 17.7 Å². The number of aliphatic hydroxyl groups is 1. The second-order valence-corrected chi connectivity index (χ2v) is 15.9. The highest BCUT2D eigenvalue weighted by molar-refractivity contribution is 7.89. The van der Waals surface area contributed by atoms with Gasteiger partial charge in [0.15, 0.2) is 0 Å².